The third-order valence-corrected chi connectivity index (χ3v) is 3.46. The van der Waals surface area contributed by atoms with Crippen LogP contribution in [-0.4, -0.2) is 36.5 Å². The van der Waals surface area contributed by atoms with E-state index in [-0.39, 0.29) is 17.4 Å². The quantitative estimate of drug-likeness (QED) is 0.806. The molecule has 4 heteroatoms. The van der Waals surface area contributed by atoms with Gasteiger partial charge < -0.3 is 10.2 Å². The maximum Gasteiger partial charge on any atom is 0.230 e. The minimum Gasteiger partial charge on any atom is -0.339 e. The smallest absolute Gasteiger partial charge is 0.230 e. The van der Waals surface area contributed by atoms with Crippen LogP contribution in [0.25, 0.3) is 0 Å². The van der Waals surface area contributed by atoms with E-state index in [4.69, 9.17) is 5.26 Å². The number of rotatable bonds is 4. The minimum atomic E-state index is -0.294. The first-order valence-corrected chi connectivity index (χ1v) is 6.40. The average molecular weight is 237 g/mol. The van der Waals surface area contributed by atoms with Crippen molar-refractivity contribution in [1.82, 2.24) is 10.2 Å². The summed E-state index contributed by atoms with van der Waals surface area (Å²) in [4.78, 5) is 14.4. The first-order valence-electron chi connectivity index (χ1n) is 6.40. The van der Waals surface area contributed by atoms with Crippen LogP contribution in [0.1, 0.15) is 40.0 Å². The Bertz CT molecular complexity index is 300. The van der Waals surface area contributed by atoms with Crippen molar-refractivity contribution in [2.45, 2.75) is 46.1 Å². The third kappa shape index (κ3) is 3.44. The molecule has 0 aromatic heterocycles. The highest BCUT2D eigenvalue weighted by atomic mass is 16.2. The lowest BCUT2D eigenvalue weighted by Gasteiger charge is -2.39. The van der Waals surface area contributed by atoms with E-state index < -0.39 is 0 Å². The van der Waals surface area contributed by atoms with Crippen LogP contribution in [0.5, 0.6) is 0 Å². The lowest BCUT2D eigenvalue weighted by Crippen LogP contribution is -2.52. The number of carbonyl (C=O) groups is 1. The number of piperidine rings is 1. The van der Waals surface area contributed by atoms with E-state index in [1.165, 1.54) is 0 Å². The highest BCUT2D eigenvalue weighted by molar-refractivity contribution is 5.83. The SMILES string of the molecule is CC(C)N(CCC#N)C(=O)C1(C)CCCNC1. The monoisotopic (exact) mass is 237 g/mol. The molecule has 0 bridgehead atoms. The first kappa shape index (κ1) is 14.0. The molecule has 4 nitrogen and oxygen atoms in total. The number of hydrogen-bond donors (Lipinski definition) is 1. The Kier molecular flexibility index (Phi) is 4.95. The molecule has 1 fully saturated rings. The number of carbonyl (C=O) groups excluding carboxylic acids is 1. The van der Waals surface area contributed by atoms with Crippen LogP contribution in [0.2, 0.25) is 0 Å². The summed E-state index contributed by atoms with van der Waals surface area (Å²) in [5, 5.41) is 11.9. The highest BCUT2D eigenvalue weighted by Gasteiger charge is 2.38. The average Bonchev–Trinajstić information content (AvgIpc) is 2.30. The molecule has 1 atom stereocenters. The van der Waals surface area contributed by atoms with E-state index in [0.29, 0.717) is 13.0 Å². The molecule has 1 aliphatic heterocycles. The van der Waals surface area contributed by atoms with Gasteiger partial charge >= 0.3 is 0 Å². The second kappa shape index (κ2) is 6.02. The normalized spacial score (nSPS) is 24.4. The molecule has 0 saturated carbocycles. The van der Waals surface area contributed by atoms with Crippen molar-refractivity contribution in [1.29, 1.82) is 5.26 Å². The zero-order chi connectivity index (χ0) is 12.9. The minimum absolute atomic E-state index is 0.162. The fraction of sp³-hybridized carbons (Fsp3) is 0.846. The van der Waals surface area contributed by atoms with Gasteiger partial charge in [0.15, 0.2) is 0 Å². The van der Waals surface area contributed by atoms with E-state index in [1.807, 2.05) is 25.7 Å². The van der Waals surface area contributed by atoms with E-state index in [1.54, 1.807) is 0 Å². The molecule has 1 N–H and O–H groups in total. The van der Waals surface area contributed by atoms with Gasteiger partial charge in [-0.05, 0) is 40.2 Å². The Balaban J connectivity index is 2.72. The van der Waals surface area contributed by atoms with Gasteiger partial charge in [0.25, 0.3) is 0 Å². The Labute approximate surface area is 104 Å². The van der Waals surface area contributed by atoms with Crippen LogP contribution >= 0.6 is 0 Å². The maximum absolute atomic E-state index is 12.5. The van der Waals surface area contributed by atoms with Gasteiger partial charge in [0, 0.05) is 19.1 Å². The molecule has 17 heavy (non-hydrogen) atoms. The fourth-order valence-electron chi connectivity index (χ4n) is 2.35. The predicted molar refractivity (Wildman–Crippen MR) is 67.3 cm³/mol. The van der Waals surface area contributed by atoms with Crippen LogP contribution in [0.3, 0.4) is 0 Å². The zero-order valence-corrected chi connectivity index (χ0v) is 11.1. The summed E-state index contributed by atoms with van der Waals surface area (Å²) in [5.41, 5.74) is -0.294. The van der Waals surface area contributed by atoms with Gasteiger partial charge in [-0.3, -0.25) is 4.79 Å². The van der Waals surface area contributed by atoms with Crippen molar-refractivity contribution >= 4 is 5.91 Å². The summed E-state index contributed by atoms with van der Waals surface area (Å²) in [6, 6.07) is 2.28. The molecular weight excluding hydrogens is 214 g/mol. The van der Waals surface area contributed by atoms with Crippen LogP contribution in [0.4, 0.5) is 0 Å². The van der Waals surface area contributed by atoms with Crippen LogP contribution < -0.4 is 5.32 Å². The number of nitrogens with zero attached hydrogens (tertiary/aromatic N) is 2. The van der Waals surface area contributed by atoms with Crippen LogP contribution in [0, 0.1) is 16.7 Å². The second-order valence-corrected chi connectivity index (χ2v) is 5.34. The molecule has 1 unspecified atom stereocenters. The molecule has 0 aromatic carbocycles. The summed E-state index contributed by atoms with van der Waals surface area (Å²) < 4.78 is 0. The van der Waals surface area contributed by atoms with Gasteiger partial charge in [0.1, 0.15) is 0 Å². The van der Waals surface area contributed by atoms with Crippen molar-refractivity contribution in [3.05, 3.63) is 0 Å². The molecular formula is C13H23N3O. The number of amides is 1. The van der Waals surface area contributed by atoms with Gasteiger partial charge in [0.2, 0.25) is 5.91 Å². The van der Waals surface area contributed by atoms with Crippen molar-refractivity contribution in [3.63, 3.8) is 0 Å². The Hall–Kier alpha value is -1.08. The molecule has 1 aliphatic rings. The fourth-order valence-corrected chi connectivity index (χ4v) is 2.35. The molecule has 1 heterocycles. The molecule has 0 spiro atoms. The molecule has 0 aliphatic carbocycles. The lowest BCUT2D eigenvalue weighted by molar-refractivity contribution is -0.144. The van der Waals surface area contributed by atoms with E-state index >= 15 is 0 Å². The zero-order valence-electron chi connectivity index (χ0n) is 11.1. The van der Waals surface area contributed by atoms with Gasteiger partial charge in [-0.2, -0.15) is 5.26 Å². The molecule has 1 saturated heterocycles. The first-order chi connectivity index (χ1) is 8.01. The van der Waals surface area contributed by atoms with Gasteiger partial charge in [-0.1, -0.05) is 0 Å². The van der Waals surface area contributed by atoms with E-state index in [0.717, 1.165) is 25.9 Å². The van der Waals surface area contributed by atoms with Crippen molar-refractivity contribution < 1.29 is 4.79 Å². The van der Waals surface area contributed by atoms with Crippen molar-refractivity contribution in [2.75, 3.05) is 19.6 Å². The Morgan fingerprint density at radius 3 is 2.76 bits per heavy atom. The lowest BCUT2D eigenvalue weighted by atomic mass is 9.81. The number of nitrogens with one attached hydrogen (secondary N) is 1. The second-order valence-electron chi connectivity index (χ2n) is 5.34. The van der Waals surface area contributed by atoms with Gasteiger partial charge in [-0.15, -0.1) is 0 Å². The Morgan fingerprint density at radius 1 is 1.59 bits per heavy atom. The molecule has 1 rings (SSSR count). The molecule has 96 valence electrons. The van der Waals surface area contributed by atoms with Crippen molar-refractivity contribution in [3.8, 4) is 6.07 Å². The summed E-state index contributed by atoms with van der Waals surface area (Å²) >= 11 is 0. The van der Waals surface area contributed by atoms with E-state index in [2.05, 4.69) is 11.4 Å². The number of nitriles is 1. The maximum atomic E-state index is 12.5. The van der Waals surface area contributed by atoms with Crippen molar-refractivity contribution in [2.24, 2.45) is 5.41 Å². The van der Waals surface area contributed by atoms with E-state index in [9.17, 15) is 4.79 Å². The number of hydrogen-bond acceptors (Lipinski definition) is 3. The standard InChI is InChI=1S/C13H23N3O/c1-11(2)16(9-5-7-14)12(17)13(3)6-4-8-15-10-13/h11,15H,4-6,8-10H2,1-3H3. The summed E-state index contributed by atoms with van der Waals surface area (Å²) in [7, 11) is 0. The topological polar surface area (TPSA) is 56.1 Å². The van der Waals surface area contributed by atoms with Crippen LogP contribution in [0.15, 0.2) is 0 Å². The summed E-state index contributed by atoms with van der Waals surface area (Å²) in [6.07, 6.45) is 2.40. The largest absolute Gasteiger partial charge is 0.339 e. The van der Waals surface area contributed by atoms with Gasteiger partial charge in [0.05, 0.1) is 17.9 Å². The Morgan fingerprint density at radius 2 is 2.29 bits per heavy atom. The summed E-state index contributed by atoms with van der Waals surface area (Å²) in [5.74, 6) is 0.190. The molecule has 0 radical (unpaired) electrons. The molecule has 0 aromatic rings. The van der Waals surface area contributed by atoms with Crippen LogP contribution in [-0.2, 0) is 4.79 Å². The van der Waals surface area contributed by atoms with Gasteiger partial charge in [-0.25, -0.2) is 0 Å². The third-order valence-electron chi connectivity index (χ3n) is 3.46. The molecule has 1 amide bonds. The summed E-state index contributed by atoms with van der Waals surface area (Å²) in [6.45, 7) is 8.35. The predicted octanol–water partition coefficient (Wildman–Crippen LogP) is 1.53. The highest BCUT2D eigenvalue weighted by Crippen LogP contribution is 2.28.